The van der Waals surface area contributed by atoms with E-state index in [2.05, 4.69) is 9.78 Å². The van der Waals surface area contributed by atoms with Crippen molar-refractivity contribution in [3.8, 4) is 0 Å². The Hall–Kier alpha value is -1.10. The molecular formula is C8H14O5. The molecule has 5 heteroatoms. The van der Waals surface area contributed by atoms with Gasteiger partial charge in [-0.3, -0.25) is 9.68 Å². The van der Waals surface area contributed by atoms with Crippen molar-refractivity contribution >= 4 is 11.9 Å². The van der Waals surface area contributed by atoms with Crippen LogP contribution in [-0.2, 0) is 14.6 Å². The number of hydrogen-bond donors (Lipinski definition) is 1. The Morgan fingerprint density at radius 3 is 2.38 bits per heavy atom. The minimum Gasteiger partial charge on any atom is -0.448 e. The first kappa shape index (κ1) is 11.9. The Morgan fingerprint density at radius 1 is 1.38 bits per heavy atom. The van der Waals surface area contributed by atoms with Crippen LogP contribution in [0.25, 0.3) is 0 Å². The predicted octanol–water partition coefficient (Wildman–Crippen LogP) is 1.76. The number of carbonyl (C=O) groups is 2. The van der Waals surface area contributed by atoms with Crippen LogP contribution in [0.2, 0.25) is 0 Å². The zero-order valence-electron chi connectivity index (χ0n) is 7.78. The second-order valence-corrected chi connectivity index (χ2v) is 2.56. The molecule has 1 N–H and O–H groups in total. The van der Waals surface area contributed by atoms with Crippen molar-refractivity contribution in [2.24, 2.45) is 0 Å². The zero-order chi connectivity index (χ0) is 10.3. The fraction of sp³-hybridized carbons (Fsp3) is 0.750. The van der Waals surface area contributed by atoms with Gasteiger partial charge in [0.2, 0.25) is 0 Å². The summed E-state index contributed by atoms with van der Waals surface area (Å²) >= 11 is 0. The molecule has 5 nitrogen and oxygen atoms in total. The first-order chi connectivity index (χ1) is 6.11. The van der Waals surface area contributed by atoms with Crippen LogP contribution in [-0.4, -0.2) is 23.1 Å². The smallest absolute Gasteiger partial charge is 0.448 e. The van der Waals surface area contributed by atoms with Gasteiger partial charge in [0, 0.05) is 6.42 Å². The number of carbonyl (C=O) groups excluding carboxylic acids is 1. The molecule has 0 spiro atoms. The van der Waals surface area contributed by atoms with Gasteiger partial charge < -0.3 is 5.11 Å². The van der Waals surface area contributed by atoms with E-state index in [9.17, 15) is 9.59 Å². The average Bonchev–Trinajstić information content (AvgIpc) is 2.05. The first-order valence-electron chi connectivity index (χ1n) is 4.20. The third kappa shape index (κ3) is 5.19. The van der Waals surface area contributed by atoms with Crippen LogP contribution in [0.5, 0.6) is 0 Å². The Labute approximate surface area is 76.6 Å². The third-order valence-corrected chi connectivity index (χ3v) is 1.46. The van der Waals surface area contributed by atoms with E-state index in [0.717, 1.165) is 0 Å². The van der Waals surface area contributed by atoms with Crippen molar-refractivity contribution in [3.63, 3.8) is 0 Å². The highest BCUT2D eigenvalue weighted by Gasteiger charge is 2.18. The number of carboxylic acid groups (broad SMARTS) is 1. The standard InChI is InChI=1S/C8H14O5/c1-3-5-6(9)7(4-2)12-13-8(10)11/h7H,3-5H2,1-2H3,(H,10,11). The highest BCUT2D eigenvalue weighted by atomic mass is 17.2. The molecule has 76 valence electrons. The Bertz CT molecular complexity index is 177. The molecule has 0 saturated heterocycles. The zero-order valence-corrected chi connectivity index (χ0v) is 7.78. The van der Waals surface area contributed by atoms with Gasteiger partial charge in [-0.15, -0.1) is 0 Å². The summed E-state index contributed by atoms with van der Waals surface area (Å²) in [7, 11) is 0. The second kappa shape index (κ2) is 6.42. The summed E-state index contributed by atoms with van der Waals surface area (Å²) in [6.45, 7) is 3.59. The van der Waals surface area contributed by atoms with Crippen molar-refractivity contribution in [1.29, 1.82) is 0 Å². The number of Topliss-reactive ketones (excluding diaryl/α,β-unsaturated/α-hetero) is 1. The summed E-state index contributed by atoms with van der Waals surface area (Å²) in [5.41, 5.74) is 0. The van der Waals surface area contributed by atoms with Gasteiger partial charge in [-0.25, -0.2) is 4.79 Å². The summed E-state index contributed by atoms with van der Waals surface area (Å²) in [5.74, 6) is -0.133. The van der Waals surface area contributed by atoms with Crippen LogP contribution in [0.4, 0.5) is 4.79 Å². The van der Waals surface area contributed by atoms with Gasteiger partial charge in [0.1, 0.15) is 0 Å². The van der Waals surface area contributed by atoms with Crippen LogP contribution in [0, 0.1) is 0 Å². The lowest BCUT2D eigenvalue weighted by atomic mass is 10.1. The molecule has 0 aromatic carbocycles. The first-order valence-corrected chi connectivity index (χ1v) is 4.20. The monoisotopic (exact) mass is 190 g/mol. The summed E-state index contributed by atoms with van der Waals surface area (Å²) in [6, 6.07) is 0. The van der Waals surface area contributed by atoms with Gasteiger partial charge in [0.25, 0.3) is 0 Å². The molecule has 0 amide bonds. The van der Waals surface area contributed by atoms with Crippen LogP contribution >= 0.6 is 0 Å². The molecule has 1 unspecified atom stereocenters. The Morgan fingerprint density at radius 2 is 2.00 bits per heavy atom. The van der Waals surface area contributed by atoms with Crippen molar-refractivity contribution in [1.82, 2.24) is 0 Å². The van der Waals surface area contributed by atoms with Crippen molar-refractivity contribution < 1.29 is 24.5 Å². The molecule has 0 aromatic rings. The fourth-order valence-corrected chi connectivity index (χ4v) is 0.856. The minimum atomic E-state index is -1.54. The van der Waals surface area contributed by atoms with E-state index in [1.165, 1.54) is 0 Å². The fourth-order valence-electron chi connectivity index (χ4n) is 0.856. The van der Waals surface area contributed by atoms with E-state index in [4.69, 9.17) is 5.11 Å². The van der Waals surface area contributed by atoms with Gasteiger partial charge in [-0.1, -0.05) is 13.8 Å². The molecule has 0 aliphatic rings. The van der Waals surface area contributed by atoms with E-state index >= 15 is 0 Å². The summed E-state index contributed by atoms with van der Waals surface area (Å²) in [6.07, 6.45) is -0.807. The molecule has 0 heterocycles. The summed E-state index contributed by atoms with van der Waals surface area (Å²) in [5, 5.41) is 8.11. The molecule has 13 heavy (non-hydrogen) atoms. The van der Waals surface area contributed by atoms with Crippen molar-refractivity contribution in [2.75, 3.05) is 0 Å². The molecule has 0 rings (SSSR count). The van der Waals surface area contributed by atoms with Crippen LogP contribution < -0.4 is 0 Å². The molecule has 0 radical (unpaired) electrons. The molecule has 0 aromatic heterocycles. The molecule has 0 aliphatic carbocycles. The second-order valence-electron chi connectivity index (χ2n) is 2.56. The highest BCUT2D eigenvalue weighted by molar-refractivity contribution is 5.82. The molecule has 0 aliphatic heterocycles. The lowest BCUT2D eigenvalue weighted by Gasteiger charge is -2.10. The normalized spacial score (nSPS) is 12.2. The quantitative estimate of drug-likeness (QED) is 0.510. The maximum Gasteiger partial charge on any atom is 0.537 e. The minimum absolute atomic E-state index is 0.133. The van der Waals surface area contributed by atoms with Gasteiger partial charge in [-0.2, -0.15) is 4.89 Å². The number of rotatable bonds is 6. The maximum atomic E-state index is 11.2. The van der Waals surface area contributed by atoms with Crippen LogP contribution in [0.3, 0.4) is 0 Å². The van der Waals surface area contributed by atoms with Gasteiger partial charge >= 0.3 is 6.16 Å². The molecule has 0 saturated carbocycles. The highest BCUT2D eigenvalue weighted by Crippen LogP contribution is 2.05. The van der Waals surface area contributed by atoms with E-state index in [0.29, 0.717) is 19.3 Å². The van der Waals surface area contributed by atoms with Crippen LogP contribution in [0.15, 0.2) is 0 Å². The largest absolute Gasteiger partial charge is 0.537 e. The van der Waals surface area contributed by atoms with E-state index < -0.39 is 12.3 Å². The van der Waals surface area contributed by atoms with E-state index in [1.807, 2.05) is 6.92 Å². The topological polar surface area (TPSA) is 72.8 Å². The molecule has 0 bridgehead atoms. The van der Waals surface area contributed by atoms with E-state index in [-0.39, 0.29) is 5.78 Å². The van der Waals surface area contributed by atoms with Crippen LogP contribution in [0.1, 0.15) is 33.1 Å². The number of ketones is 1. The van der Waals surface area contributed by atoms with Gasteiger partial charge in [0.15, 0.2) is 11.9 Å². The molecule has 1 atom stereocenters. The van der Waals surface area contributed by atoms with Crippen molar-refractivity contribution in [3.05, 3.63) is 0 Å². The summed E-state index contributed by atoms with van der Waals surface area (Å²) < 4.78 is 0. The number of hydrogen-bond acceptors (Lipinski definition) is 4. The Balaban J connectivity index is 3.87. The SMILES string of the molecule is CCCC(=O)C(CC)OOC(=O)O. The van der Waals surface area contributed by atoms with Gasteiger partial charge in [-0.05, 0) is 12.8 Å². The third-order valence-electron chi connectivity index (χ3n) is 1.46. The lowest BCUT2D eigenvalue weighted by Crippen LogP contribution is -2.24. The molecular weight excluding hydrogens is 176 g/mol. The maximum absolute atomic E-state index is 11.2. The lowest BCUT2D eigenvalue weighted by molar-refractivity contribution is -0.276. The van der Waals surface area contributed by atoms with Crippen molar-refractivity contribution in [2.45, 2.75) is 39.2 Å². The molecule has 0 fully saturated rings. The predicted molar refractivity (Wildman–Crippen MR) is 44.2 cm³/mol. The summed E-state index contributed by atoms with van der Waals surface area (Å²) in [4.78, 5) is 29.4. The van der Waals surface area contributed by atoms with E-state index in [1.54, 1.807) is 6.92 Å². The average molecular weight is 190 g/mol. The Kier molecular flexibility index (Phi) is 5.88. The van der Waals surface area contributed by atoms with Gasteiger partial charge in [0.05, 0.1) is 0 Å².